The number of rotatable bonds is 5. The van der Waals surface area contributed by atoms with Gasteiger partial charge in [0.2, 0.25) is 5.89 Å². The Morgan fingerprint density at radius 3 is 2.72 bits per heavy atom. The second-order valence-corrected chi connectivity index (χ2v) is 5.21. The molecule has 1 atom stereocenters. The van der Waals surface area contributed by atoms with E-state index in [1.165, 1.54) is 10.5 Å². The summed E-state index contributed by atoms with van der Waals surface area (Å²) < 4.78 is 5.13. The fraction of sp³-hybridized carbons (Fsp3) is 0.385. The summed E-state index contributed by atoms with van der Waals surface area (Å²) in [4.78, 5) is 5.49. The normalized spacial score (nSPS) is 12.6. The van der Waals surface area contributed by atoms with Gasteiger partial charge < -0.3 is 10.3 Å². The third kappa shape index (κ3) is 3.34. The summed E-state index contributed by atoms with van der Waals surface area (Å²) in [5.74, 6) is 1.92. The van der Waals surface area contributed by atoms with Crippen LogP contribution in [0.4, 0.5) is 0 Å². The highest BCUT2D eigenvalue weighted by atomic mass is 32.2. The average Bonchev–Trinajstić information content (AvgIpc) is 2.86. The molecule has 2 aromatic rings. The Kier molecular flexibility index (Phi) is 4.38. The molecule has 0 radical (unpaired) electrons. The monoisotopic (exact) mass is 263 g/mol. The van der Waals surface area contributed by atoms with E-state index in [0.717, 1.165) is 6.42 Å². The molecule has 0 unspecified atom stereocenters. The number of benzene rings is 1. The minimum atomic E-state index is -0.157. The summed E-state index contributed by atoms with van der Waals surface area (Å²) in [5, 5.41) is 3.93. The molecular formula is C13H17N3OS. The van der Waals surface area contributed by atoms with Crippen LogP contribution in [0.25, 0.3) is 0 Å². The zero-order valence-electron chi connectivity index (χ0n) is 10.6. The first-order chi connectivity index (χ1) is 8.69. The largest absolute Gasteiger partial charge is 0.338 e. The molecule has 0 saturated heterocycles. The smallest absolute Gasteiger partial charge is 0.243 e. The van der Waals surface area contributed by atoms with Gasteiger partial charge in [0.25, 0.3) is 0 Å². The van der Waals surface area contributed by atoms with E-state index in [9.17, 15) is 0 Å². The number of hydrogen-bond acceptors (Lipinski definition) is 5. The lowest BCUT2D eigenvalue weighted by Crippen LogP contribution is -2.08. The molecule has 0 aliphatic heterocycles. The Morgan fingerprint density at radius 2 is 2.06 bits per heavy atom. The molecule has 0 spiro atoms. The van der Waals surface area contributed by atoms with Crippen molar-refractivity contribution in [2.24, 2.45) is 5.73 Å². The van der Waals surface area contributed by atoms with Crippen LogP contribution in [-0.2, 0) is 5.75 Å². The number of aromatic nitrogens is 2. The molecule has 0 bridgehead atoms. The van der Waals surface area contributed by atoms with Crippen molar-refractivity contribution in [1.82, 2.24) is 10.1 Å². The fourth-order valence-electron chi connectivity index (χ4n) is 1.43. The second kappa shape index (κ2) is 6.02. The molecule has 96 valence electrons. The number of hydrogen-bond donors (Lipinski definition) is 1. The Hall–Kier alpha value is -1.33. The van der Waals surface area contributed by atoms with E-state index in [4.69, 9.17) is 10.3 Å². The van der Waals surface area contributed by atoms with Crippen molar-refractivity contribution in [1.29, 1.82) is 0 Å². The van der Waals surface area contributed by atoms with Crippen LogP contribution in [0.1, 0.15) is 36.7 Å². The van der Waals surface area contributed by atoms with Gasteiger partial charge in [-0.25, -0.2) is 0 Å². The predicted octanol–water partition coefficient (Wildman–Crippen LogP) is 3.08. The van der Waals surface area contributed by atoms with Crippen molar-refractivity contribution in [2.45, 2.75) is 37.0 Å². The first kappa shape index (κ1) is 13.1. The van der Waals surface area contributed by atoms with E-state index in [-0.39, 0.29) is 6.04 Å². The first-order valence-corrected chi connectivity index (χ1v) is 6.95. The molecule has 4 nitrogen and oxygen atoms in total. The SMILES string of the molecule is CC[C@H](N)c1nc(CSc2ccc(C)cc2)no1. The summed E-state index contributed by atoms with van der Waals surface area (Å²) >= 11 is 1.69. The third-order valence-corrected chi connectivity index (χ3v) is 3.64. The maximum absolute atomic E-state index is 5.83. The number of nitrogens with two attached hydrogens (primary N) is 1. The van der Waals surface area contributed by atoms with Crippen molar-refractivity contribution in [2.75, 3.05) is 0 Å². The van der Waals surface area contributed by atoms with Gasteiger partial charge in [0.05, 0.1) is 11.8 Å². The Morgan fingerprint density at radius 1 is 1.33 bits per heavy atom. The van der Waals surface area contributed by atoms with E-state index < -0.39 is 0 Å². The molecule has 0 aliphatic rings. The molecule has 0 saturated carbocycles. The van der Waals surface area contributed by atoms with Gasteiger partial charge in [-0.15, -0.1) is 11.8 Å². The molecule has 2 rings (SSSR count). The molecule has 0 amide bonds. The molecule has 5 heteroatoms. The molecule has 0 fully saturated rings. The third-order valence-electron chi connectivity index (χ3n) is 2.63. The molecule has 0 aliphatic carbocycles. The van der Waals surface area contributed by atoms with Gasteiger partial charge >= 0.3 is 0 Å². The van der Waals surface area contributed by atoms with Crippen molar-refractivity contribution >= 4 is 11.8 Å². The second-order valence-electron chi connectivity index (χ2n) is 4.17. The van der Waals surface area contributed by atoms with Gasteiger partial charge in [0.15, 0.2) is 5.82 Å². The lowest BCUT2D eigenvalue weighted by molar-refractivity contribution is 0.349. The van der Waals surface area contributed by atoms with E-state index in [1.807, 2.05) is 6.92 Å². The predicted molar refractivity (Wildman–Crippen MR) is 72.3 cm³/mol. The van der Waals surface area contributed by atoms with Crippen LogP contribution in [-0.4, -0.2) is 10.1 Å². The maximum Gasteiger partial charge on any atom is 0.243 e. The molecule has 2 N–H and O–H groups in total. The number of nitrogens with zero attached hydrogens (tertiary/aromatic N) is 2. The number of thioether (sulfide) groups is 1. The van der Waals surface area contributed by atoms with Gasteiger partial charge in [-0.3, -0.25) is 0 Å². The van der Waals surface area contributed by atoms with Crippen molar-refractivity contribution in [3.63, 3.8) is 0 Å². The summed E-state index contributed by atoms with van der Waals surface area (Å²) in [6.45, 7) is 4.07. The van der Waals surface area contributed by atoms with Crippen molar-refractivity contribution < 1.29 is 4.52 Å². The van der Waals surface area contributed by atoms with Crippen molar-refractivity contribution in [3.8, 4) is 0 Å². The topological polar surface area (TPSA) is 64.9 Å². The van der Waals surface area contributed by atoms with Crippen LogP contribution in [0.2, 0.25) is 0 Å². The minimum Gasteiger partial charge on any atom is -0.338 e. The molecule has 1 heterocycles. The van der Waals surface area contributed by atoms with Gasteiger partial charge in [-0.05, 0) is 25.5 Å². The van der Waals surface area contributed by atoms with Crippen LogP contribution in [0.3, 0.4) is 0 Å². The van der Waals surface area contributed by atoms with E-state index in [0.29, 0.717) is 17.5 Å². The van der Waals surface area contributed by atoms with Crippen molar-refractivity contribution in [3.05, 3.63) is 41.5 Å². The van der Waals surface area contributed by atoms with Gasteiger partial charge in [-0.1, -0.05) is 29.8 Å². The van der Waals surface area contributed by atoms with E-state index in [1.54, 1.807) is 11.8 Å². The summed E-state index contributed by atoms with van der Waals surface area (Å²) in [6.07, 6.45) is 0.798. The zero-order chi connectivity index (χ0) is 13.0. The van der Waals surface area contributed by atoms with E-state index in [2.05, 4.69) is 41.3 Å². The lowest BCUT2D eigenvalue weighted by atomic mass is 10.2. The van der Waals surface area contributed by atoms with E-state index >= 15 is 0 Å². The zero-order valence-corrected chi connectivity index (χ0v) is 11.4. The molecule has 18 heavy (non-hydrogen) atoms. The van der Waals surface area contributed by atoms with Crippen LogP contribution in [0, 0.1) is 6.92 Å². The fourth-order valence-corrected chi connectivity index (χ4v) is 2.18. The maximum atomic E-state index is 5.83. The highest BCUT2D eigenvalue weighted by molar-refractivity contribution is 7.98. The Labute approximate surface area is 111 Å². The van der Waals surface area contributed by atoms with Crippen LogP contribution in [0.15, 0.2) is 33.7 Å². The quantitative estimate of drug-likeness (QED) is 0.840. The first-order valence-electron chi connectivity index (χ1n) is 5.96. The molecular weight excluding hydrogens is 246 g/mol. The summed E-state index contributed by atoms with van der Waals surface area (Å²) in [7, 11) is 0. The Balaban J connectivity index is 1.94. The minimum absolute atomic E-state index is 0.157. The highest BCUT2D eigenvalue weighted by Crippen LogP contribution is 2.22. The van der Waals surface area contributed by atoms with Gasteiger partial charge in [0.1, 0.15) is 0 Å². The van der Waals surface area contributed by atoms with Crippen LogP contribution in [0.5, 0.6) is 0 Å². The molecule has 1 aromatic heterocycles. The standard InChI is InChI=1S/C13H17N3OS/c1-3-11(14)13-15-12(16-17-13)8-18-10-6-4-9(2)5-7-10/h4-7,11H,3,8,14H2,1-2H3/t11-/m0/s1. The molecule has 1 aromatic carbocycles. The van der Waals surface area contributed by atoms with Crippen LogP contribution < -0.4 is 5.73 Å². The summed E-state index contributed by atoms with van der Waals surface area (Å²) in [6, 6.07) is 8.22. The summed E-state index contributed by atoms with van der Waals surface area (Å²) in [5.41, 5.74) is 7.09. The highest BCUT2D eigenvalue weighted by Gasteiger charge is 2.12. The lowest BCUT2D eigenvalue weighted by Gasteiger charge is -2.00. The van der Waals surface area contributed by atoms with Crippen LogP contribution >= 0.6 is 11.8 Å². The van der Waals surface area contributed by atoms with Gasteiger partial charge in [-0.2, -0.15) is 4.98 Å². The number of aryl methyl sites for hydroxylation is 1. The average molecular weight is 263 g/mol. The Bertz CT molecular complexity index is 495. The van der Waals surface area contributed by atoms with Gasteiger partial charge in [0, 0.05) is 4.90 Å².